The number of methoxy groups -OCH3 is 1. The minimum Gasteiger partial charge on any atom is -0.497 e. The second kappa shape index (κ2) is 5.56. The SMILES string of the molecule is CCCOC(=O)c1cc2cc(OC)ccc2oc1=O. The van der Waals surface area contributed by atoms with Gasteiger partial charge in [-0.15, -0.1) is 0 Å². The van der Waals surface area contributed by atoms with Gasteiger partial charge in [0.05, 0.1) is 13.7 Å². The van der Waals surface area contributed by atoms with Gasteiger partial charge in [0.25, 0.3) is 0 Å². The fourth-order valence-corrected chi connectivity index (χ4v) is 1.64. The number of hydrogen-bond donors (Lipinski definition) is 0. The topological polar surface area (TPSA) is 65.7 Å². The third-order valence-electron chi connectivity index (χ3n) is 2.60. The molecule has 0 bridgehead atoms. The summed E-state index contributed by atoms with van der Waals surface area (Å²) in [6, 6.07) is 6.45. The molecule has 0 aliphatic carbocycles. The summed E-state index contributed by atoms with van der Waals surface area (Å²) in [6.07, 6.45) is 0.693. The van der Waals surface area contributed by atoms with Crippen molar-refractivity contribution in [2.45, 2.75) is 13.3 Å². The highest BCUT2D eigenvalue weighted by molar-refractivity contribution is 5.93. The highest BCUT2D eigenvalue weighted by Crippen LogP contribution is 2.20. The average molecular weight is 262 g/mol. The van der Waals surface area contributed by atoms with Crippen LogP contribution in [-0.4, -0.2) is 19.7 Å². The van der Waals surface area contributed by atoms with E-state index in [0.717, 1.165) is 0 Å². The van der Waals surface area contributed by atoms with Gasteiger partial charge in [0.2, 0.25) is 0 Å². The van der Waals surface area contributed by atoms with E-state index < -0.39 is 11.6 Å². The van der Waals surface area contributed by atoms with Crippen LogP contribution in [0.2, 0.25) is 0 Å². The van der Waals surface area contributed by atoms with Gasteiger partial charge in [-0.3, -0.25) is 0 Å². The Morgan fingerprint density at radius 1 is 1.32 bits per heavy atom. The molecule has 0 saturated carbocycles. The lowest BCUT2D eigenvalue weighted by atomic mass is 10.2. The molecule has 1 aromatic carbocycles. The molecule has 0 spiro atoms. The van der Waals surface area contributed by atoms with Gasteiger partial charge in [-0.2, -0.15) is 0 Å². The lowest BCUT2D eigenvalue weighted by Gasteiger charge is -2.04. The Labute approximate surface area is 109 Å². The van der Waals surface area contributed by atoms with Gasteiger partial charge >= 0.3 is 11.6 Å². The Kier molecular flexibility index (Phi) is 3.85. The van der Waals surface area contributed by atoms with Crippen LogP contribution in [-0.2, 0) is 4.74 Å². The lowest BCUT2D eigenvalue weighted by molar-refractivity contribution is 0.0500. The van der Waals surface area contributed by atoms with E-state index in [0.29, 0.717) is 23.1 Å². The maximum atomic E-state index is 11.7. The molecule has 0 aliphatic heterocycles. The molecule has 1 aromatic heterocycles. The molecule has 0 saturated heterocycles. The third-order valence-corrected chi connectivity index (χ3v) is 2.60. The molecule has 0 aliphatic rings. The van der Waals surface area contributed by atoms with E-state index in [2.05, 4.69) is 0 Å². The fraction of sp³-hybridized carbons (Fsp3) is 0.286. The van der Waals surface area contributed by atoms with Crippen molar-refractivity contribution in [2.24, 2.45) is 0 Å². The van der Waals surface area contributed by atoms with Crippen molar-refractivity contribution in [3.8, 4) is 5.75 Å². The molecular formula is C14H14O5. The minimum absolute atomic E-state index is 0.103. The van der Waals surface area contributed by atoms with E-state index in [-0.39, 0.29) is 12.2 Å². The Morgan fingerprint density at radius 3 is 2.79 bits per heavy atom. The van der Waals surface area contributed by atoms with Gasteiger partial charge in [0.1, 0.15) is 16.9 Å². The van der Waals surface area contributed by atoms with Crippen LogP contribution in [0.15, 0.2) is 33.5 Å². The quantitative estimate of drug-likeness (QED) is 0.625. The summed E-state index contributed by atoms with van der Waals surface area (Å²) in [5.41, 5.74) is -0.397. The van der Waals surface area contributed by atoms with Crippen LogP contribution >= 0.6 is 0 Å². The van der Waals surface area contributed by atoms with E-state index in [1.807, 2.05) is 6.92 Å². The summed E-state index contributed by atoms with van der Waals surface area (Å²) >= 11 is 0. The van der Waals surface area contributed by atoms with Gasteiger partial charge in [-0.25, -0.2) is 9.59 Å². The van der Waals surface area contributed by atoms with Gasteiger partial charge in [0.15, 0.2) is 0 Å². The number of ether oxygens (including phenoxy) is 2. The van der Waals surface area contributed by atoms with Crippen LogP contribution in [0.5, 0.6) is 5.75 Å². The standard InChI is InChI=1S/C14H14O5/c1-3-6-18-13(15)11-8-9-7-10(17-2)4-5-12(9)19-14(11)16/h4-5,7-8H,3,6H2,1-2H3. The smallest absolute Gasteiger partial charge is 0.351 e. The second-order valence-electron chi connectivity index (χ2n) is 3.99. The van der Waals surface area contributed by atoms with Crippen molar-refractivity contribution in [2.75, 3.05) is 13.7 Å². The third kappa shape index (κ3) is 2.76. The van der Waals surface area contributed by atoms with Gasteiger partial charge < -0.3 is 13.9 Å². The Morgan fingerprint density at radius 2 is 2.11 bits per heavy atom. The van der Waals surface area contributed by atoms with Crippen LogP contribution in [0.3, 0.4) is 0 Å². The average Bonchev–Trinajstić information content (AvgIpc) is 2.43. The number of fused-ring (bicyclic) bond motifs is 1. The van der Waals surface area contributed by atoms with Gasteiger partial charge in [-0.1, -0.05) is 6.92 Å². The first-order valence-electron chi connectivity index (χ1n) is 5.94. The van der Waals surface area contributed by atoms with Gasteiger partial charge in [0, 0.05) is 5.39 Å². The predicted molar refractivity (Wildman–Crippen MR) is 69.6 cm³/mol. The predicted octanol–water partition coefficient (Wildman–Crippen LogP) is 2.37. The highest BCUT2D eigenvalue weighted by Gasteiger charge is 2.15. The first-order valence-corrected chi connectivity index (χ1v) is 5.94. The zero-order chi connectivity index (χ0) is 13.8. The Bertz CT molecular complexity index is 656. The summed E-state index contributed by atoms with van der Waals surface area (Å²) in [5.74, 6) is -0.0467. The van der Waals surface area contributed by atoms with E-state index in [9.17, 15) is 9.59 Å². The Balaban J connectivity index is 2.47. The van der Waals surface area contributed by atoms with Crippen molar-refractivity contribution in [3.05, 3.63) is 40.2 Å². The van der Waals surface area contributed by atoms with Crippen LogP contribution in [0.4, 0.5) is 0 Å². The molecule has 5 nitrogen and oxygen atoms in total. The van der Waals surface area contributed by atoms with E-state index >= 15 is 0 Å². The molecule has 0 fully saturated rings. The number of benzene rings is 1. The van der Waals surface area contributed by atoms with Crippen LogP contribution in [0.1, 0.15) is 23.7 Å². The molecule has 0 amide bonds. The first-order chi connectivity index (χ1) is 9.15. The van der Waals surface area contributed by atoms with Crippen molar-refractivity contribution in [3.63, 3.8) is 0 Å². The number of esters is 1. The largest absolute Gasteiger partial charge is 0.497 e. The molecule has 0 radical (unpaired) electrons. The molecule has 2 aromatic rings. The summed E-state index contributed by atoms with van der Waals surface area (Å²) in [7, 11) is 1.54. The fourth-order valence-electron chi connectivity index (χ4n) is 1.64. The molecule has 0 unspecified atom stereocenters. The number of carbonyl (C=O) groups is 1. The summed E-state index contributed by atoms with van der Waals surface area (Å²) < 4.78 is 15.1. The molecule has 1 heterocycles. The maximum absolute atomic E-state index is 11.7. The normalized spacial score (nSPS) is 10.4. The van der Waals surface area contributed by atoms with E-state index in [1.165, 1.54) is 13.2 Å². The first kappa shape index (κ1) is 13.1. The summed E-state index contributed by atoms with van der Waals surface area (Å²) in [4.78, 5) is 23.4. The summed E-state index contributed by atoms with van der Waals surface area (Å²) in [5, 5.41) is 0.613. The molecule has 2 rings (SSSR count). The number of rotatable bonds is 4. The van der Waals surface area contributed by atoms with Crippen LogP contribution in [0.25, 0.3) is 11.0 Å². The zero-order valence-electron chi connectivity index (χ0n) is 10.8. The molecule has 0 atom stereocenters. The van der Waals surface area contributed by atoms with E-state index in [4.69, 9.17) is 13.9 Å². The molecule has 19 heavy (non-hydrogen) atoms. The van der Waals surface area contributed by atoms with Crippen molar-refractivity contribution < 1.29 is 18.7 Å². The van der Waals surface area contributed by atoms with Crippen molar-refractivity contribution in [1.29, 1.82) is 0 Å². The van der Waals surface area contributed by atoms with Crippen LogP contribution < -0.4 is 10.4 Å². The molecule has 100 valence electrons. The van der Waals surface area contributed by atoms with Crippen molar-refractivity contribution >= 4 is 16.9 Å². The van der Waals surface area contributed by atoms with Crippen molar-refractivity contribution in [1.82, 2.24) is 0 Å². The lowest BCUT2D eigenvalue weighted by Crippen LogP contribution is -2.16. The molecular weight excluding hydrogens is 248 g/mol. The summed E-state index contributed by atoms with van der Waals surface area (Å²) in [6.45, 7) is 2.15. The number of carbonyl (C=O) groups excluding carboxylic acids is 1. The van der Waals surface area contributed by atoms with Crippen LogP contribution in [0, 0.1) is 0 Å². The Hall–Kier alpha value is -2.30. The minimum atomic E-state index is -0.696. The zero-order valence-corrected chi connectivity index (χ0v) is 10.8. The monoisotopic (exact) mass is 262 g/mol. The second-order valence-corrected chi connectivity index (χ2v) is 3.99. The maximum Gasteiger partial charge on any atom is 0.351 e. The highest BCUT2D eigenvalue weighted by atomic mass is 16.5. The molecule has 0 N–H and O–H groups in total. The van der Waals surface area contributed by atoms with E-state index in [1.54, 1.807) is 18.2 Å². The van der Waals surface area contributed by atoms with Gasteiger partial charge in [-0.05, 0) is 30.7 Å². The molecule has 5 heteroatoms. The number of hydrogen-bond acceptors (Lipinski definition) is 5.